The van der Waals surface area contributed by atoms with Crippen LogP contribution in [-0.4, -0.2) is 30.5 Å². The second kappa shape index (κ2) is 10.1. The van der Waals surface area contributed by atoms with Gasteiger partial charge >= 0.3 is 0 Å². The van der Waals surface area contributed by atoms with Gasteiger partial charge in [-0.3, -0.25) is 9.69 Å². The van der Waals surface area contributed by atoms with E-state index in [4.69, 9.17) is 27.9 Å². The lowest BCUT2D eigenvalue weighted by molar-refractivity contribution is -0.118. The molecule has 150 valence electrons. The van der Waals surface area contributed by atoms with E-state index in [0.29, 0.717) is 21.8 Å². The number of para-hydroxylation sites is 1. The number of benzene rings is 2. The quantitative estimate of drug-likeness (QED) is 0.617. The highest BCUT2D eigenvalue weighted by Gasteiger charge is 2.19. The first kappa shape index (κ1) is 21.0. The van der Waals surface area contributed by atoms with Crippen LogP contribution in [0.1, 0.15) is 37.7 Å². The highest BCUT2D eigenvalue weighted by molar-refractivity contribution is 6.35. The summed E-state index contributed by atoms with van der Waals surface area (Å²) in [6.45, 7) is 0.694. The molecule has 2 aromatic carbocycles. The Hall–Kier alpha value is -1.75. The lowest BCUT2D eigenvalue weighted by Crippen LogP contribution is -2.33. The molecule has 4 nitrogen and oxygen atoms in total. The molecular weight excluding hydrogens is 395 g/mol. The van der Waals surface area contributed by atoms with Gasteiger partial charge in [-0.2, -0.15) is 0 Å². The molecule has 1 saturated carbocycles. The molecule has 0 aliphatic heterocycles. The largest absolute Gasteiger partial charge is 0.482 e. The van der Waals surface area contributed by atoms with Crippen molar-refractivity contribution in [3.8, 4) is 5.75 Å². The van der Waals surface area contributed by atoms with Gasteiger partial charge in [-0.15, -0.1) is 0 Å². The summed E-state index contributed by atoms with van der Waals surface area (Å²) in [5, 5.41) is 3.87. The normalized spacial score (nSPS) is 14.9. The highest BCUT2D eigenvalue weighted by atomic mass is 35.5. The summed E-state index contributed by atoms with van der Waals surface area (Å²) in [7, 11) is 2.17. The van der Waals surface area contributed by atoms with Gasteiger partial charge in [-0.1, -0.05) is 60.7 Å². The fourth-order valence-corrected chi connectivity index (χ4v) is 4.08. The van der Waals surface area contributed by atoms with Crippen LogP contribution in [0.15, 0.2) is 42.5 Å². The zero-order valence-electron chi connectivity index (χ0n) is 16.1. The Morgan fingerprint density at radius 2 is 1.89 bits per heavy atom. The second-order valence-corrected chi connectivity index (χ2v) is 8.12. The number of amides is 1. The fraction of sp³-hybridized carbons (Fsp3) is 0.409. The summed E-state index contributed by atoms with van der Waals surface area (Å²) in [5.74, 6) is 0.213. The van der Waals surface area contributed by atoms with E-state index in [1.807, 2.05) is 18.2 Å². The molecule has 28 heavy (non-hydrogen) atoms. The van der Waals surface area contributed by atoms with E-state index in [1.54, 1.807) is 18.2 Å². The Balaban J connectivity index is 1.58. The summed E-state index contributed by atoms with van der Waals surface area (Å²) < 4.78 is 5.53. The van der Waals surface area contributed by atoms with Crippen molar-refractivity contribution in [3.05, 3.63) is 58.1 Å². The van der Waals surface area contributed by atoms with Crippen LogP contribution in [0.2, 0.25) is 10.0 Å². The molecule has 0 aromatic heterocycles. The first-order chi connectivity index (χ1) is 13.5. The maximum Gasteiger partial charge on any atom is 0.262 e. The fourth-order valence-electron chi connectivity index (χ4n) is 3.62. The molecule has 0 radical (unpaired) electrons. The minimum Gasteiger partial charge on any atom is -0.482 e. The molecule has 0 heterocycles. The average Bonchev–Trinajstić information content (AvgIpc) is 2.69. The van der Waals surface area contributed by atoms with Crippen molar-refractivity contribution < 1.29 is 9.53 Å². The molecule has 1 aliphatic rings. The molecule has 1 fully saturated rings. The van der Waals surface area contributed by atoms with Crippen LogP contribution in [0.25, 0.3) is 0 Å². The molecule has 0 saturated heterocycles. The lowest BCUT2D eigenvalue weighted by atomic mass is 9.94. The molecule has 0 unspecified atom stereocenters. The predicted octanol–water partition coefficient (Wildman–Crippen LogP) is 5.78. The highest BCUT2D eigenvalue weighted by Crippen LogP contribution is 2.28. The summed E-state index contributed by atoms with van der Waals surface area (Å²) in [6.07, 6.45) is 6.45. The summed E-state index contributed by atoms with van der Waals surface area (Å²) >= 11 is 12.0. The van der Waals surface area contributed by atoms with Gasteiger partial charge in [0.25, 0.3) is 5.91 Å². The van der Waals surface area contributed by atoms with Gasteiger partial charge in [-0.25, -0.2) is 0 Å². The number of hydrogen-bond donors (Lipinski definition) is 1. The number of ether oxygens (including phenoxy) is 1. The predicted molar refractivity (Wildman–Crippen MR) is 115 cm³/mol. The van der Waals surface area contributed by atoms with Crippen LogP contribution in [0, 0.1) is 0 Å². The molecule has 1 N–H and O–H groups in total. The third-order valence-electron chi connectivity index (χ3n) is 5.16. The Labute approximate surface area is 176 Å². The van der Waals surface area contributed by atoms with E-state index in [9.17, 15) is 4.79 Å². The average molecular weight is 421 g/mol. The molecule has 6 heteroatoms. The number of nitrogens with one attached hydrogen (secondary N) is 1. The third-order valence-corrected chi connectivity index (χ3v) is 5.69. The molecular formula is C22H26Cl2N2O2. The molecule has 2 aromatic rings. The van der Waals surface area contributed by atoms with Gasteiger partial charge in [0.2, 0.25) is 0 Å². The Kier molecular flexibility index (Phi) is 7.60. The molecule has 1 aliphatic carbocycles. The van der Waals surface area contributed by atoms with E-state index < -0.39 is 0 Å². The monoisotopic (exact) mass is 420 g/mol. The van der Waals surface area contributed by atoms with Gasteiger partial charge in [0.1, 0.15) is 5.75 Å². The Morgan fingerprint density at radius 1 is 1.14 bits per heavy atom. The van der Waals surface area contributed by atoms with Crippen molar-refractivity contribution in [2.75, 3.05) is 19.0 Å². The summed E-state index contributed by atoms with van der Waals surface area (Å²) in [5.41, 5.74) is 1.93. The minimum absolute atomic E-state index is 0.117. The van der Waals surface area contributed by atoms with Crippen LogP contribution in [0.5, 0.6) is 5.75 Å². The van der Waals surface area contributed by atoms with Crippen LogP contribution in [0.3, 0.4) is 0 Å². The summed E-state index contributed by atoms with van der Waals surface area (Å²) in [6, 6.07) is 13.5. The van der Waals surface area contributed by atoms with Crippen LogP contribution >= 0.6 is 23.2 Å². The first-order valence-corrected chi connectivity index (χ1v) is 10.4. The zero-order valence-corrected chi connectivity index (χ0v) is 17.6. The van der Waals surface area contributed by atoms with Gasteiger partial charge in [0.15, 0.2) is 6.61 Å². The van der Waals surface area contributed by atoms with E-state index in [0.717, 1.165) is 17.8 Å². The molecule has 0 spiro atoms. The number of rotatable bonds is 7. The number of carbonyl (C=O) groups excluding carboxylic acids is 1. The van der Waals surface area contributed by atoms with Crippen LogP contribution < -0.4 is 10.1 Å². The van der Waals surface area contributed by atoms with Gasteiger partial charge in [0.05, 0.1) is 5.02 Å². The molecule has 1 amide bonds. The number of carbonyl (C=O) groups is 1. The number of hydrogen-bond acceptors (Lipinski definition) is 3. The van der Waals surface area contributed by atoms with Crippen molar-refractivity contribution in [1.29, 1.82) is 0 Å². The standard InChI is InChI=1S/C22H26Cl2N2O2/c1-26(18-8-3-2-4-9-18)14-16-7-5-6-10-20(16)25-22(27)15-28-21-12-11-17(23)13-19(21)24/h5-7,10-13,18H,2-4,8-9,14-15H2,1H3,(H,25,27). The van der Waals surface area contributed by atoms with Crippen molar-refractivity contribution >= 4 is 34.8 Å². The van der Waals surface area contributed by atoms with Crippen molar-refractivity contribution in [3.63, 3.8) is 0 Å². The zero-order chi connectivity index (χ0) is 19.9. The van der Waals surface area contributed by atoms with Crippen molar-refractivity contribution in [2.45, 2.75) is 44.7 Å². The van der Waals surface area contributed by atoms with Crippen molar-refractivity contribution in [2.24, 2.45) is 0 Å². The molecule has 0 atom stereocenters. The van der Waals surface area contributed by atoms with E-state index in [-0.39, 0.29) is 12.5 Å². The van der Waals surface area contributed by atoms with Gasteiger partial charge in [-0.05, 0) is 49.7 Å². The van der Waals surface area contributed by atoms with E-state index >= 15 is 0 Å². The molecule has 0 bridgehead atoms. The van der Waals surface area contributed by atoms with Crippen LogP contribution in [-0.2, 0) is 11.3 Å². The number of anilines is 1. The minimum atomic E-state index is -0.223. The molecule has 3 rings (SSSR count). The van der Waals surface area contributed by atoms with E-state index in [2.05, 4.69) is 23.3 Å². The third kappa shape index (κ3) is 5.87. The summed E-state index contributed by atoms with van der Waals surface area (Å²) in [4.78, 5) is 14.8. The Morgan fingerprint density at radius 3 is 2.64 bits per heavy atom. The second-order valence-electron chi connectivity index (χ2n) is 7.28. The number of nitrogens with zero attached hydrogens (tertiary/aromatic N) is 1. The Bertz CT molecular complexity index is 807. The number of halogens is 2. The van der Waals surface area contributed by atoms with Gasteiger partial charge < -0.3 is 10.1 Å². The maximum absolute atomic E-state index is 12.4. The van der Waals surface area contributed by atoms with Crippen molar-refractivity contribution in [1.82, 2.24) is 4.90 Å². The topological polar surface area (TPSA) is 41.6 Å². The van der Waals surface area contributed by atoms with Crippen LogP contribution in [0.4, 0.5) is 5.69 Å². The smallest absolute Gasteiger partial charge is 0.262 e. The first-order valence-electron chi connectivity index (χ1n) is 9.69. The lowest BCUT2D eigenvalue weighted by Gasteiger charge is -2.31. The van der Waals surface area contributed by atoms with E-state index in [1.165, 1.54) is 32.1 Å². The van der Waals surface area contributed by atoms with Gasteiger partial charge in [0, 0.05) is 23.3 Å². The maximum atomic E-state index is 12.4. The SMILES string of the molecule is CN(Cc1ccccc1NC(=O)COc1ccc(Cl)cc1Cl)C1CCCCC1.